The Morgan fingerprint density at radius 1 is 1.15 bits per heavy atom. The molecule has 2 aliphatic rings. The third-order valence-corrected chi connectivity index (χ3v) is 4.66. The summed E-state index contributed by atoms with van der Waals surface area (Å²) in [7, 11) is 0. The Balaban J connectivity index is 1.57. The number of aromatic hydroxyl groups is 1. The van der Waals surface area contributed by atoms with Crippen LogP contribution in [-0.2, 0) is 6.42 Å². The summed E-state index contributed by atoms with van der Waals surface area (Å²) in [5.74, 6) is 0.400. The summed E-state index contributed by atoms with van der Waals surface area (Å²) < 4.78 is 0. The Morgan fingerprint density at radius 2 is 2.10 bits per heavy atom. The number of phenols is 1. The molecule has 0 spiro atoms. The lowest BCUT2D eigenvalue weighted by Crippen LogP contribution is -2.26. The van der Waals surface area contributed by atoms with Gasteiger partial charge in [0.05, 0.1) is 0 Å². The van der Waals surface area contributed by atoms with E-state index < -0.39 is 0 Å². The second kappa shape index (κ2) is 6.45. The molecule has 0 aromatic heterocycles. The molecule has 0 amide bonds. The molecular formula is C18H25NO. The first-order valence-corrected chi connectivity index (χ1v) is 8.06. The molecular weight excluding hydrogens is 246 g/mol. The molecule has 0 heterocycles. The standard InChI is InChI=1S/C18H25NO/c20-16-9-10-17-15(13-16)7-4-8-18(17)19-12-11-14-5-2-1-3-6-14/h5,9-10,13,18-20H,1-4,6-8,11-12H2. The normalized spacial score (nSPS) is 22.2. The predicted octanol–water partition coefficient (Wildman–Crippen LogP) is 4.25. The van der Waals surface area contributed by atoms with Crippen molar-refractivity contribution in [1.82, 2.24) is 5.32 Å². The molecule has 0 radical (unpaired) electrons. The number of hydrogen-bond acceptors (Lipinski definition) is 2. The molecule has 0 saturated carbocycles. The highest BCUT2D eigenvalue weighted by Gasteiger charge is 2.19. The number of phenolic OH excluding ortho intramolecular Hbond substituents is 1. The summed E-state index contributed by atoms with van der Waals surface area (Å²) in [6.07, 6.45) is 12.5. The molecule has 0 bridgehead atoms. The van der Waals surface area contributed by atoms with Gasteiger partial charge in [0.25, 0.3) is 0 Å². The lowest BCUT2D eigenvalue weighted by molar-refractivity contribution is 0.450. The SMILES string of the molecule is Oc1ccc2c(c1)CCCC2NCCC1=CCCCC1. The quantitative estimate of drug-likeness (QED) is 0.802. The second-order valence-corrected chi connectivity index (χ2v) is 6.14. The van der Waals surface area contributed by atoms with Gasteiger partial charge in [0.2, 0.25) is 0 Å². The van der Waals surface area contributed by atoms with Gasteiger partial charge in [0.15, 0.2) is 0 Å². The summed E-state index contributed by atoms with van der Waals surface area (Å²) in [6, 6.07) is 6.33. The van der Waals surface area contributed by atoms with Crippen LogP contribution in [0.15, 0.2) is 29.8 Å². The predicted molar refractivity (Wildman–Crippen MR) is 83.0 cm³/mol. The van der Waals surface area contributed by atoms with Crippen LogP contribution in [0, 0.1) is 0 Å². The van der Waals surface area contributed by atoms with E-state index in [0.717, 1.165) is 13.0 Å². The Morgan fingerprint density at radius 3 is 2.95 bits per heavy atom. The molecule has 1 aromatic carbocycles. The summed E-state index contributed by atoms with van der Waals surface area (Å²) >= 11 is 0. The second-order valence-electron chi connectivity index (χ2n) is 6.14. The van der Waals surface area contributed by atoms with Crippen LogP contribution in [0.25, 0.3) is 0 Å². The molecule has 3 rings (SSSR count). The molecule has 20 heavy (non-hydrogen) atoms. The van der Waals surface area contributed by atoms with E-state index >= 15 is 0 Å². The summed E-state index contributed by atoms with van der Waals surface area (Å²) in [5.41, 5.74) is 4.36. The molecule has 1 atom stereocenters. The zero-order chi connectivity index (χ0) is 13.8. The molecule has 2 heteroatoms. The third-order valence-electron chi connectivity index (χ3n) is 4.66. The summed E-state index contributed by atoms with van der Waals surface area (Å²) in [5, 5.41) is 13.3. The number of allylic oxidation sites excluding steroid dienone is 1. The molecule has 1 unspecified atom stereocenters. The summed E-state index contributed by atoms with van der Waals surface area (Å²) in [4.78, 5) is 0. The highest BCUT2D eigenvalue weighted by molar-refractivity contribution is 5.38. The van der Waals surface area contributed by atoms with Crippen LogP contribution in [0.5, 0.6) is 5.75 Å². The number of rotatable bonds is 4. The van der Waals surface area contributed by atoms with E-state index in [2.05, 4.69) is 17.5 Å². The molecule has 0 fully saturated rings. The van der Waals surface area contributed by atoms with Crippen LogP contribution >= 0.6 is 0 Å². The fourth-order valence-electron chi connectivity index (χ4n) is 3.55. The van der Waals surface area contributed by atoms with Gasteiger partial charge in [0.1, 0.15) is 5.75 Å². The van der Waals surface area contributed by atoms with Crippen molar-refractivity contribution in [2.75, 3.05) is 6.54 Å². The highest BCUT2D eigenvalue weighted by Crippen LogP contribution is 2.32. The lowest BCUT2D eigenvalue weighted by Gasteiger charge is -2.27. The van der Waals surface area contributed by atoms with Gasteiger partial charge >= 0.3 is 0 Å². The van der Waals surface area contributed by atoms with Crippen LogP contribution < -0.4 is 5.32 Å². The van der Waals surface area contributed by atoms with E-state index in [0.29, 0.717) is 11.8 Å². The van der Waals surface area contributed by atoms with Gasteiger partial charge < -0.3 is 10.4 Å². The van der Waals surface area contributed by atoms with Crippen molar-refractivity contribution < 1.29 is 5.11 Å². The van der Waals surface area contributed by atoms with Crippen LogP contribution in [0.2, 0.25) is 0 Å². The zero-order valence-corrected chi connectivity index (χ0v) is 12.2. The van der Waals surface area contributed by atoms with Crippen molar-refractivity contribution in [3.63, 3.8) is 0 Å². The van der Waals surface area contributed by atoms with Gasteiger partial charge in [0, 0.05) is 6.04 Å². The smallest absolute Gasteiger partial charge is 0.115 e. The van der Waals surface area contributed by atoms with Crippen molar-refractivity contribution in [2.24, 2.45) is 0 Å². The first-order valence-electron chi connectivity index (χ1n) is 8.06. The number of fused-ring (bicyclic) bond motifs is 1. The zero-order valence-electron chi connectivity index (χ0n) is 12.2. The van der Waals surface area contributed by atoms with Crippen LogP contribution in [-0.4, -0.2) is 11.7 Å². The maximum Gasteiger partial charge on any atom is 0.115 e. The molecule has 108 valence electrons. The topological polar surface area (TPSA) is 32.3 Å². The van der Waals surface area contributed by atoms with E-state index in [4.69, 9.17) is 0 Å². The molecule has 2 aliphatic carbocycles. The molecule has 2 nitrogen and oxygen atoms in total. The van der Waals surface area contributed by atoms with E-state index in [1.54, 1.807) is 5.57 Å². The summed E-state index contributed by atoms with van der Waals surface area (Å²) in [6.45, 7) is 1.08. The number of hydrogen-bond donors (Lipinski definition) is 2. The Bertz CT molecular complexity index is 492. The fourth-order valence-corrected chi connectivity index (χ4v) is 3.55. The highest BCUT2D eigenvalue weighted by atomic mass is 16.3. The van der Waals surface area contributed by atoms with Gasteiger partial charge in [-0.15, -0.1) is 0 Å². The van der Waals surface area contributed by atoms with Crippen molar-refractivity contribution >= 4 is 0 Å². The minimum Gasteiger partial charge on any atom is -0.508 e. The third kappa shape index (κ3) is 3.24. The van der Waals surface area contributed by atoms with Gasteiger partial charge in [-0.1, -0.05) is 17.7 Å². The average Bonchev–Trinajstić information content (AvgIpc) is 2.48. The largest absolute Gasteiger partial charge is 0.508 e. The van der Waals surface area contributed by atoms with Crippen LogP contribution in [0.4, 0.5) is 0 Å². The lowest BCUT2D eigenvalue weighted by atomic mass is 9.87. The maximum atomic E-state index is 9.59. The number of benzene rings is 1. The Hall–Kier alpha value is -1.28. The average molecular weight is 271 g/mol. The van der Waals surface area contributed by atoms with E-state index in [1.807, 2.05) is 12.1 Å². The van der Waals surface area contributed by atoms with E-state index in [9.17, 15) is 5.11 Å². The first kappa shape index (κ1) is 13.7. The van der Waals surface area contributed by atoms with Crippen molar-refractivity contribution in [3.8, 4) is 5.75 Å². The van der Waals surface area contributed by atoms with Gasteiger partial charge in [-0.25, -0.2) is 0 Å². The molecule has 2 N–H and O–H groups in total. The molecule has 1 aromatic rings. The fraction of sp³-hybridized carbons (Fsp3) is 0.556. The van der Waals surface area contributed by atoms with Crippen LogP contribution in [0.1, 0.15) is 62.1 Å². The molecule has 0 saturated heterocycles. The van der Waals surface area contributed by atoms with Crippen LogP contribution in [0.3, 0.4) is 0 Å². The van der Waals surface area contributed by atoms with Gasteiger partial charge in [-0.3, -0.25) is 0 Å². The van der Waals surface area contributed by atoms with Crippen molar-refractivity contribution in [3.05, 3.63) is 41.0 Å². The maximum absolute atomic E-state index is 9.59. The Kier molecular flexibility index (Phi) is 4.41. The van der Waals surface area contributed by atoms with Gasteiger partial charge in [-0.05, 0) is 81.2 Å². The Labute approximate surface area is 121 Å². The van der Waals surface area contributed by atoms with Crippen molar-refractivity contribution in [2.45, 2.75) is 57.4 Å². The van der Waals surface area contributed by atoms with E-state index in [1.165, 1.54) is 56.1 Å². The molecule has 0 aliphatic heterocycles. The van der Waals surface area contributed by atoms with Crippen molar-refractivity contribution in [1.29, 1.82) is 0 Å². The minimum atomic E-state index is 0.400. The van der Waals surface area contributed by atoms with Gasteiger partial charge in [-0.2, -0.15) is 0 Å². The van der Waals surface area contributed by atoms with E-state index in [-0.39, 0.29) is 0 Å². The minimum absolute atomic E-state index is 0.400. The first-order chi connectivity index (χ1) is 9.83. The number of nitrogens with one attached hydrogen (secondary N) is 1. The number of aryl methyl sites for hydroxylation is 1. The monoisotopic (exact) mass is 271 g/mol.